The molecule has 2 aromatic heterocycles. The number of carboxylic acid groups (broad SMARTS) is 1. The van der Waals surface area contributed by atoms with Gasteiger partial charge in [-0.25, -0.2) is 4.79 Å². The van der Waals surface area contributed by atoms with Crippen LogP contribution in [0.3, 0.4) is 0 Å². The summed E-state index contributed by atoms with van der Waals surface area (Å²) in [5, 5.41) is 12.8. The molecule has 0 aromatic carbocycles. The summed E-state index contributed by atoms with van der Waals surface area (Å²) in [6, 6.07) is 5.34. The maximum absolute atomic E-state index is 10.9. The van der Waals surface area contributed by atoms with Crippen LogP contribution in [0.5, 0.6) is 0 Å². The number of aromatic nitrogens is 3. The number of carbonyl (C=O) groups is 1. The van der Waals surface area contributed by atoms with Crippen molar-refractivity contribution in [3.05, 3.63) is 36.3 Å². The van der Waals surface area contributed by atoms with Crippen molar-refractivity contribution in [1.82, 2.24) is 14.8 Å². The van der Waals surface area contributed by atoms with E-state index in [4.69, 9.17) is 5.11 Å². The van der Waals surface area contributed by atoms with Gasteiger partial charge in [0.15, 0.2) is 5.69 Å². The van der Waals surface area contributed by atoms with Crippen molar-refractivity contribution in [3.8, 4) is 11.3 Å². The normalized spacial score (nSPS) is 10.2. The zero-order valence-electron chi connectivity index (χ0n) is 8.08. The van der Waals surface area contributed by atoms with Gasteiger partial charge in [0.25, 0.3) is 0 Å². The molecule has 0 unspecified atom stereocenters. The summed E-state index contributed by atoms with van der Waals surface area (Å²) in [4.78, 5) is 15.0. The van der Waals surface area contributed by atoms with Crippen LogP contribution in [-0.4, -0.2) is 25.8 Å². The van der Waals surface area contributed by atoms with Crippen LogP contribution in [0.25, 0.3) is 11.3 Å². The maximum Gasteiger partial charge on any atom is 0.357 e. The summed E-state index contributed by atoms with van der Waals surface area (Å²) in [6.45, 7) is 0. The second kappa shape index (κ2) is 3.53. The molecule has 0 aliphatic carbocycles. The maximum atomic E-state index is 10.9. The lowest BCUT2D eigenvalue weighted by molar-refractivity contribution is 0.0690. The molecule has 0 radical (unpaired) electrons. The minimum Gasteiger partial charge on any atom is -0.476 e. The fourth-order valence-corrected chi connectivity index (χ4v) is 1.36. The van der Waals surface area contributed by atoms with E-state index in [9.17, 15) is 4.79 Å². The quantitative estimate of drug-likeness (QED) is 0.795. The third-order valence-electron chi connectivity index (χ3n) is 1.97. The first-order valence-electron chi connectivity index (χ1n) is 4.37. The number of nitrogens with zero attached hydrogens (tertiary/aromatic N) is 3. The van der Waals surface area contributed by atoms with Crippen LogP contribution in [0.4, 0.5) is 0 Å². The Morgan fingerprint density at radius 2 is 2.27 bits per heavy atom. The Kier molecular flexibility index (Phi) is 2.21. The zero-order chi connectivity index (χ0) is 10.8. The lowest BCUT2D eigenvalue weighted by Gasteiger charge is -1.96. The average Bonchev–Trinajstić information content (AvgIpc) is 2.62. The highest BCUT2D eigenvalue weighted by Gasteiger charge is 2.16. The summed E-state index contributed by atoms with van der Waals surface area (Å²) in [7, 11) is 1.68. The lowest BCUT2D eigenvalue weighted by atomic mass is 10.1. The first kappa shape index (κ1) is 9.39. The van der Waals surface area contributed by atoms with Gasteiger partial charge in [0.1, 0.15) is 0 Å². The molecule has 0 saturated carbocycles. The fourth-order valence-electron chi connectivity index (χ4n) is 1.36. The molecule has 2 aromatic rings. The van der Waals surface area contributed by atoms with E-state index in [0.29, 0.717) is 11.3 Å². The molecule has 5 nitrogen and oxygen atoms in total. The monoisotopic (exact) mass is 203 g/mol. The topological polar surface area (TPSA) is 68.0 Å². The Labute approximate surface area is 86.0 Å². The van der Waals surface area contributed by atoms with Crippen molar-refractivity contribution >= 4 is 5.97 Å². The van der Waals surface area contributed by atoms with E-state index in [1.807, 2.05) is 0 Å². The van der Waals surface area contributed by atoms with Crippen molar-refractivity contribution < 1.29 is 9.90 Å². The number of aryl methyl sites for hydroxylation is 1. The van der Waals surface area contributed by atoms with Gasteiger partial charge in [-0.2, -0.15) is 5.10 Å². The van der Waals surface area contributed by atoms with E-state index in [1.165, 1.54) is 4.68 Å². The summed E-state index contributed by atoms with van der Waals surface area (Å²) in [5.74, 6) is -1.05. The lowest BCUT2D eigenvalue weighted by Crippen LogP contribution is -2.00. The van der Waals surface area contributed by atoms with Crippen LogP contribution >= 0.6 is 0 Å². The highest BCUT2D eigenvalue weighted by molar-refractivity contribution is 5.93. The Balaban J connectivity index is 2.58. The molecule has 15 heavy (non-hydrogen) atoms. The highest BCUT2D eigenvalue weighted by atomic mass is 16.4. The minimum atomic E-state index is -1.05. The van der Waals surface area contributed by atoms with Gasteiger partial charge in [-0.05, 0) is 12.1 Å². The summed E-state index contributed by atoms with van der Waals surface area (Å²) in [6.07, 6.45) is 3.26. The molecule has 0 saturated heterocycles. The van der Waals surface area contributed by atoms with Gasteiger partial charge in [0.05, 0.1) is 11.3 Å². The number of aromatic carboxylic acids is 1. The third-order valence-corrected chi connectivity index (χ3v) is 1.97. The second-order valence-corrected chi connectivity index (χ2v) is 3.09. The Morgan fingerprint density at radius 3 is 2.87 bits per heavy atom. The molecular formula is C10H9N3O2. The van der Waals surface area contributed by atoms with E-state index in [1.54, 1.807) is 37.6 Å². The Hall–Kier alpha value is -2.17. The summed E-state index contributed by atoms with van der Waals surface area (Å²) >= 11 is 0. The van der Waals surface area contributed by atoms with Gasteiger partial charge in [0, 0.05) is 19.4 Å². The van der Waals surface area contributed by atoms with E-state index in [-0.39, 0.29) is 5.69 Å². The molecule has 0 fully saturated rings. The van der Waals surface area contributed by atoms with Crippen LogP contribution in [0, 0.1) is 0 Å². The van der Waals surface area contributed by atoms with Gasteiger partial charge in [-0.15, -0.1) is 0 Å². The largest absolute Gasteiger partial charge is 0.476 e. The molecule has 0 spiro atoms. The second-order valence-electron chi connectivity index (χ2n) is 3.09. The van der Waals surface area contributed by atoms with Crippen molar-refractivity contribution in [3.63, 3.8) is 0 Å². The van der Waals surface area contributed by atoms with E-state index in [0.717, 1.165) is 0 Å². The fraction of sp³-hybridized carbons (Fsp3) is 0.100. The molecule has 0 aliphatic heterocycles. The van der Waals surface area contributed by atoms with Gasteiger partial charge >= 0.3 is 5.97 Å². The number of pyridine rings is 1. The van der Waals surface area contributed by atoms with Gasteiger partial charge < -0.3 is 5.11 Å². The molecule has 0 atom stereocenters. The molecule has 2 rings (SSSR count). The smallest absolute Gasteiger partial charge is 0.357 e. The first-order chi connectivity index (χ1) is 7.18. The minimum absolute atomic E-state index is 0.0243. The van der Waals surface area contributed by atoms with Crippen LogP contribution in [0.2, 0.25) is 0 Å². The van der Waals surface area contributed by atoms with Crippen LogP contribution in [0.1, 0.15) is 10.5 Å². The Bertz CT molecular complexity index is 491. The molecule has 5 heteroatoms. The summed E-state index contributed by atoms with van der Waals surface area (Å²) in [5.41, 5.74) is 1.17. The van der Waals surface area contributed by atoms with Crippen molar-refractivity contribution in [1.29, 1.82) is 0 Å². The first-order valence-corrected chi connectivity index (χ1v) is 4.37. The van der Waals surface area contributed by atoms with Gasteiger partial charge in [-0.3, -0.25) is 9.67 Å². The van der Waals surface area contributed by atoms with Crippen LogP contribution in [-0.2, 0) is 7.05 Å². The van der Waals surface area contributed by atoms with Crippen LogP contribution < -0.4 is 0 Å². The summed E-state index contributed by atoms with van der Waals surface area (Å²) < 4.78 is 1.47. The number of rotatable bonds is 2. The van der Waals surface area contributed by atoms with Crippen molar-refractivity contribution in [2.75, 3.05) is 0 Å². The van der Waals surface area contributed by atoms with Crippen molar-refractivity contribution in [2.24, 2.45) is 7.05 Å². The molecule has 2 heterocycles. The number of hydrogen-bond acceptors (Lipinski definition) is 3. The average molecular weight is 203 g/mol. The number of carboxylic acids is 1. The SMILES string of the molecule is Cn1cc(-c2ccccn2)c(C(=O)O)n1. The Morgan fingerprint density at radius 1 is 1.47 bits per heavy atom. The molecule has 0 amide bonds. The van der Waals surface area contributed by atoms with E-state index >= 15 is 0 Å². The zero-order valence-corrected chi connectivity index (χ0v) is 8.08. The van der Waals surface area contributed by atoms with E-state index < -0.39 is 5.97 Å². The third kappa shape index (κ3) is 1.71. The van der Waals surface area contributed by atoms with Gasteiger partial charge in [0.2, 0.25) is 0 Å². The standard InChI is InChI=1S/C10H9N3O2/c1-13-6-7(9(12-13)10(14)15)8-4-2-3-5-11-8/h2-6H,1H3,(H,14,15). The van der Waals surface area contributed by atoms with Gasteiger partial charge in [-0.1, -0.05) is 6.07 Å². The molecule has 76 valence electrons. The van der Waals surface area contributed by atoms with Crippen LogP contribution in [0.15, 0.2) is 30.6 Å². The molecular weight excluding hydrogens is 194 g/mol. The number of hydrogen-bond donors (Lipinski definition) is 1. The predicted molar refractivity (Wildman–Crippen MR) is 53.4 cm³/mol. The van der Waals surface area contributed by atoms with Crippen molar-refractivity contribution in [2.45, 2.75) is 0 Å². The van der Waals surface area contributed by atoms with E-state index in [2.05, 4.69) is 10.1 Å². The molecule has 1 N–H and O–H groups in total. The molecule has 0 aliphatic rings. The predicted octanol–water partition coefficient (Wildman–Crippen LogP) is 1.18. The highest BCUT2D eigenvalue weighted by Crippen LogP contribution is 2.19. The molecule has 0 bridgehead atoms.